The molecule has 31 heavy (non-hydrogen) atoms. The highest BCUT2D eigenvalue weighted by Crippen LogP contribution is 2.46. The van der Waals surface area contributed by atoms with Gasteiger partial charge < -0.3 is 10.6 Å². The summed E-state index contributed by atoms with van der Waals surface area (Å²) in [7, 11) is 0. The van der Waals surface area contributed by atoms with Gasteiger partial charge in [0.15, 0.2) is 0 Å². The van der Waals surface area contributed by atoms with Crippen molar-refractivity contribution in [2.75, 3.05) is 18.4 Å². The van der Waals surface area contributed by atoms with E-state index in [0.29, 0.717) is 10.9 Å². The van der Waals surface area contributed by atoms with Crippen LogP contribution in [0.1, 0.15) is 36.8 Å². The third-order valence-corrected chi connectivity index (χ3v) is 5.82. The summed E-state index contributed by atoms with van der Waals surface area (Å²) in [6, 6.07) is 4.07. The zero-order chi connectivity index (χ0) is 21.8. The van der Waals surface area contributed by atoms with E-state index in [1.54, 1.807) is 4.68 Å². The van der Waals surface area contributed by atoms with Crippen molar-refractivity contribution < 1.29 is 22.4 Å². The number of benzene rings is 1. The molecule has 5 rings (SSSR count). The summed E-state index contributed by atoms with van der Waals surface area (Å²) in [6.45, 7) is 1.53. The normalized spacial score (nSPS) is 20.0. The molecule has 2 aromatic heterocycles. The predicted octanol–water partition coefficient (Wildman–Crippen LogP) is 3.55. The first kappa shape index (κ1) is 19.9. The molecule has 1 aromatic carbocycles. The van der Waals surface area contributed by atoms with Crippen LogP contribution in [0.2, 0.25) is 0 Å². The molecule has 2 aliphatic rings. The van der Waals surface area contributed by atoms with E-state index in [4.69, 9.17) is 0 Å². The number of amides is 1. The smallest absolute Gasteiger partial charge is 0.317 e. The molecular formula is C20H18F4N6O. The van der Waals surface area contributed by atoms with E-state index in [2.05, 4.69) is 25.7 Å². The van der Waals surface area contributed by atoms with Crippen molar-refractivity contribution in [3.8, 4) is 11.4 Å². The lowest BCUT2D eigenvalue weighted by Gasteiger charge is -2.27. The Balaban J connectivity index is 1.74. The Morgan fingerprint density at radius 1 is 1.10 bits per heavy atom. The van der Waals surface area contributed by atoms with E-state index < -0.39 is 30.2 Å². The Labute approximate surface area is 173 Å². The monoisotopic (exact) mass is 434 g/mol. The van der Waals surface area contributed by atoms with Gasteiger partial charge in [-0.1, -0.05) is 0 Å². The lowest BCUT2D eigenvalue weighted by molar-refractivity contribution is -0.156. The molecule has 0 spiro atoms. The van der Waals surface area contributed by atoms with Gasteiger partial charge >= 0.3 is 6.18 Å². The summed E-state index contributed by atoms with van der Waals surface area (Å²) >= 11 is 0. The molecule has 162 valence electrons. The largest absolute Gasteiger partial charge is 0.396 e. The third kappa shape index (κ3) is 3.42. The number of alkyl halides is 3. The molecule has 1 fully saturated rings. The van der Waals surface area contributed by atoms with Gasteiger partial charge in [-0.2, -0.15) is 18.3 Å². The van der Waals surface area contributed by atoms with Gasteiger partial charge in [0.25, 0.3) is 0 Å². The fraction of sp³-hybridized carbons (Fsp3) is 0.400. The molecule has 0 radical (unpaired) electrons. The first-order valence-corrected chi connectivity index (χ1v) is 9.93. The highest BCUT2D eigenvalue weighted by atomic mass is 19.4. The molecule has 1 amide bonds. The molecule has 1 saturated heterocycles. The van der Waals surface area contributed by atoms with Crippen molar-refractivity contribution in [1.82, 2.24) is 25.1 Å². The second-order valence-corrected chi connectivity index (χ2v) is 7.77. The quantitative estimate of drug-likeness (QED) is 0.603. The van der Waals surface area contributed by atoms with E-state index in [9.17, 15) is 22.4 Å². The van der Waals surface area contributed by atoms with Gasteiger partial charge in [-0.15, -0.1) is 0 Å². The van der Waals surface area contributed by atoms with E-state index in [1.807, 2.05) is 0 Å². The van der Waals surface area contributed by atoms with Gasteiger partial charge in [-0.3, -0.25) is 9.48 Å². The number of nitrogens with zero attached hydrogens (tertiary/aromatic N) is 4. The molecule has 2 N–H and O–H groups in total. The summed E-state index contributed by atoms with van der Waals surface area (Å²) < 4.78 is 57.2. The second-order valence-electron chi connectivity index (χ2n) is 7.77. The first-order chi connectivity index (χ1) is 14.8. The van der Waals surface area contributed by atoms with E-state index >= 15 is 0 Å². The number of hydrogen-bond acceptors (Lipinski definition) is 5. The fourth-order valence-corrected chi connectivity index (χ4v) is 4.38. The molecule has 7 nitrogen and oxygen atoms in total. The average Bonchev–Trinajstić information content (AvgIpc) is 3.11. The number of aromatic nitrogens is 4. The van der Waals surface area contributed by atoms with Crippen molar-refractivity contribution >= 4 is 22.6 Å². The van der Waals surface area contributed by atoms with Crippen LogP contribution in [-0.2, 0) is 4.79 Å². The maximum atomic E-state index is 14.1. The molecule has 11 heteroatoms. The molecule has 1 atom stereocenters. The Hall–Kier alpha value is -3.08. The van der Waals surface area contributed by atoms with Crippen LogP contribution < -0.4 is 10.6 Å². The highest BCUT2D eigenvalue weighted by molar-refractivity contribution is 5.98. The average molecular weight is 434 g/mol. The third-order valence-electron chi connectivity index (χ3n) is 5.82. The topological polar surface area (TPSA) is 84.7 Å². The van der Waals surface area contributed by atoms with E-state index in [1.165, 1.54) is 18.2 Å². The molecule has 3 aromatic rings. The maximum absolute atomic E-state index is 14.1. The van der Waals surface area contributed by atoms with Gasteiger partial charge in [-0.25, -0.2) is 14.4 Å². The van der Waals surface area contributed by atoms with Gasteiger partial charge in [0.2, 0.25) is 5.91 Å². The van der Waals surface area contributed by atoms with Crippen LogP contribution in [-0.4, -0.2) is 44.9 Å². The van der Waals surface area contributed by atoms with Gasteiger partial charge in [-0.05, 0) is 44.1 Å². The zero-order valence-corrected chi connectivity index (χ0v) is 16.2. The minimum Gasteiger partial charge on any atom is -0.317 e. The summed E-state index contributed by atoms with van der Waals surface area (Å²) in [5.41, 5.74) is 0.502. The number of nitrogens with one attached hydrogen (secondary N) is 2. The summed E-state index contributed by atoms with van der Waals surface area (Å²) in [5, 5.41) is 10.8. The first-order valence-electron chi connectivity index (χ1n) is 9.93. The van der Waals surface area contributed by atoms with Gasteiger partial charge in [0, 0.05) is 17.4 Å². The number of rotatable bonds is 2. The van der Waals surface area contributed by atoms with Crippen molar-refractivity contribution in [2.24, 2.45) is 0 Å². The van der Waals surface area contributed by atoms with Crippen LogP contribution in [0.5, 0.6) is 0 Å². The number of anilines is 1. The van der Waals surface area contributed by atoms with Gasteiger partial charge in [0.1, 0.15) is 29.4 Å². The fourth-order valence-electron chi connectivity index (χ4n) is 4.38. The number of halogens is 4. The van der Waals surface area contributed by atoms with Gasteiger partial charge in [0.05, 0.1) is 17.5 Å². The molecule has 4 heterocycles. The molecule has 0 bridgehead atoms. The summed E-state index contributed by atoms with van der Waals surface area (Å²) in [5.74, 6) is -3.44. The standard InChI is InChI=1S/C20H18F4N6O/c21-10-1-2-12-14(7-10)30(11-3-5-25-6-4-11)29-17(12)18-16-13(20(22,23)24)8-15(31)28-19(16)27-9-26-18/h1-2,7,9,11,13,25H,3-6,8H2,(H,26,27,28,31)/t13-/m1/s1. The van der Waals surface area contributed by atoms with Crippen LogP contribution >= 0.6 is 0 Å². The minimum absolute atomic E-state index is 0.00313. The lowest BCUT2D eigenvalue weighted by Crippen LogP contribution is -2.33. The van der Waals surface area contributed by atoms with E-state index in [-0.39, 0.29) is 28.8 Å². The number of carbonyl (C=O) groups excluding carboxylic acids is 1. The van der Waals surface area contributed by atoms with E-state index in [0.717, 1.165) is 32.3 Å². The molecule has 0 saturated carbocycles. The van der Waals surface area contributed by atoms with Crippen molar-refractivity contribution in [2.45, 2.75) is 37.4 Å². The Kier molecular flexibility index (Phi) is 4.65. The van der Waals surface area contributed by atoms with Crippen LogP contribution in [0.25, 0.3) is 22.3 Å². The number of fused-ring (bicyclic) bond motifs is 2. The maximum Gasteiger partial charge on any atom is 0.396 e. The number of hydrogen-bond donors (Lipinski definition) is 2. The van der Waals surface area contributed by atoms with Crippen molar-refractivity contribution in [3.05, 3.63) is 35.9 Å². The van der Waals surface area contributed by atoms with Crippen LogP contribution in [0.4, 0.5) is 23.4 Å². The van der Waals surface area contributed by atoms with Crippen molar-refractivity contribution in [1.29, 1.82) is 0 Å². The molecule has 0 unspecified atom stereocenters. The molecule has 0 aliphatic carbocycles. The van der Waals surface area contributed by atoms with Crippen LogP contribution in [0.3, 0.4) is 0 Å². The Morgan fingerprint density at radius 2 is 1.87 bits per heavy atom. The number of carbonyl (C=O) groups is 1. The summed E-state index contributed by atoms with van der Waals surface area (Å²) in [4.78, 5) is 19.9. The highest BCUT2D eigenvalue weighted by Gasteiger charge is 2.47. The molecule has 2 aliphatic heterocycles. The predicted molar refractivity (Wildman–Crippen MR) is 104 cm³/mol. The zero-order valence-electron chi connectivity index (χ0n) is 16.2. The van der Waals surface area contributed by atoms with Crippen LogP contribution in [0.15, 0.2) is 24.5 Å². The SMILES string of the molecule is O=C1C[C@@H](C(F)(F)F)c2c(ncnc2-c2nn(C3CCNCC3)c3cc(F)ccc23)N1. The van der Waals surface area contributed by atoms with Crippen molar-refractivity contribution in [3.63, 3.8) is 0 Å². The Morgan fingerprint density at radius 3 is 2.61 bits per heavy atom. The number of piperidine rings is 1. The summed E-state index contributed by atoms with van der Waals surface area (Å²) in [6.07, 6.45) is -2.79. The minimum atomic E-state index is -4.66. The Bertz CT molecular complexity index is 1170. The lowest BCUT2D eigenvalue weighted by atomic mass is 9.89. The molecular weight excluding hydrogens is 416 g/mol. The van der Waals surface area contributed by atoms with Crippen LogP contribution in [0, 0.1) is 5.82 Å². The second kappa shape index (κ2) is 7.26.